The van der Waals surface area contributed by atoms with Crippen LogP contribution < -0.4 is 14.7 Å². The maximum Gasteiger partial charge on any atom is 0.255 e. The highest BCUT2D eigenvalue weighted by atomic mass is 16.5. The lowest BCUT2D eigenvalue weighted by atomic mass is 10.1. The van der Waals surface area contributed by atoms with Crippen LogP contribution in [-0.2, 0) is 11.2 Å². The molecule has 9 nitrogen and oxygen atoms in total. The predicted molar refractivity (Wildman–Crippen MR) is 124 cm³/mol. The first kappa shape index (κ1) is 23.0. The summed E-state index contributed by atoms with van der Waals surface area (Å²) in [5.74, 6) is 5.41. The molecule has 2 heterocycles. The van der Waals surface area contributed by atoms with E-state index in [1.807, 2.05) is 30.3 Å². The minimum atomic E-state index is -1.14. The molecule has 2 N–H and O–H groups in total. The molecule has 3 aromatic rings. The van der Waals surface area contributed by atoms with Crippen molar-refractivity contribution in [3.8, 4) is 17.6 Å². The van der Waals surface area contributed by atoms with Gasteiger partial charge in [0.05, 0.1) is 5.69 Å². The number of H-pyrrole nitrogens is 1. The number of anilines is 1. The number of fused-ring (bicyclic) bond motifs is 1. The van der Waals surface area contributed by atoms with Gasteiger partial charge in [-0.25, -0.2) is 4.98 Å². The number of nitrogens with zero attached hydrogens (tertiary/aromatic N) is 4. The second-order valence-corrected chi connectivity index (χ2v) is 8.42. The van der Waals surface area contributed by atoms with Gasteiger partial charge in [-0.1, -0.05) is 42.2 Å². The highest BCUT2D eigenvalue weighted by molar-refractivity contribution is 6.00. The Balaban J connectivity index is 1.52. The van der Waals surface area contributed by atoms with Gasteiger partial charge in [-0.05, 0) is 37.6 Å². The fourth-order valence-corrected chi connectivity index (χ4v) is 3.34. The third-order valence-corrected chi connectivity index (χ3v) is 5.06. The summed E-state index contributed by atoms with van der Waals surface area (Å²) in [5, 5.41) is 29.2. The van der Waals surface area contributed by atoms with Gasteiger partial charge in [-0.3, -0.25) is 14.9 Å². The van der Waals surface area contributed by atoms with E-state index in [1.54, 1.807) is 39.1 Å². The van der Waals surface area contributed by atoms with Crippen LogP contribution in [0.2, 0.25) is 0 Å². The topological polar surface area (TPSA) is 127 Å². The number of likely N-dealkylation sites (N-methyl/N-ethyl adjacent to an activating group) is 1. The zero-order chi connectivity index (χ0) is 24.3. The molecule has 1 amide bonds. The lowest BCUT2D eigenvalue weighted by molar-refractivity contribution is -0.214. The normalized spacial score (nSPS) is 16.2. The quantitative estimate of drug-likeness (QED) is 0.342. The summed E-state index contributed by atoms with van der Waals surface area (Å²) >= 11 is 0. The monoisotopic (exact) mass is 458 g/mol. The van der Waals surface area contributed by atoms with Gasteiger partial charge in [0.15, 0.2) is 11.9 Å². The molecule has 0 saturated heterocycles. The van der Waals surface area contributed by atoms with Crippen LogP contribution in [0.4, 0.5) is 5.69 Å². The van der Waals surface area contributed by atoms with Crippen LogP contribution >= 0.6 is 0 Å². The number of hydrogen-bond acceptors (Lipinski definition) is 7. The first-order chi connectivity index (χ1) is 16.2. The van der Waals surface area contributed by atoms with Crippen molar-refractivity contribution in [1.82, 2.24) is 15.2 Å². The van der Waals surface area contributed by atoms with Crippen LogP contribution in [0.15, 0.2) is 53.5 Å². The number of aliphatic imine (C=N–C) groups is 1. The van der Waals surface area contributed by atoms with E-state index in [0.29, 0.717) is 29.2 Å². The Labute approximate surface area is 197 Å². The molecule has 0 saturated carbocycles. The molecule has 0 radical (unpaired) electrons. The number of nitrogens with one attached hydrogen (secondary N) is 1. The summed E-state index contributed by atoms with van der Waals surface area (Å²) in [6, 6.07) is 13.7. The first-order valence-electron chi connectivity index (χ1n) is 10.7. The molecule has 0 bridgehead atoms. The molecule has 174 valence electrons. The van der Waals surface area contributed by atoms with Gasteiger partial charge in [0.2, 0.25) is 0 Å². The molecule has 0 fully saturated rings. The van der Waals surface area contributed by atoms with Gasteiger partial charge in [0.25, 0.3) is 5.91 Å². The second kappa shape index (κ2) is 9.37. The lowest BCUT2D eigenvalue weighted by Gasteiger charge is -2.19. The number of aliphatic hydroxyl groups is 1. The van der Waals surface area contributed by atoms with Crippen LogP contribution in [0, 0.1) is 11.8 Å². The highest BCUT2D eigenvalue weighted by Gasteiger charge is 2.29. The van der Waals surface area contributed by atoms with Gasteiger partial charge in [0.1, 0.15) is 23.8 Å². The SMILES string of the molecule is CN1C(=O)[C@H](N=C([O-])c2n[nH]c(Cc3ccccc3)n2)COc2ccc(C#CC(C)(C)O)cc21. The van der Waals surface area contributed by atoms with Gasteiger partial charge in [0, 0.05) is 24.9 Å². The van der Waals surface area contributed by atoms with Crippen molar-refractivity contribution in [1.29, 1.82) is 0 Å². The molecule has 2 aromatic carbocycles. The summed E-state index contributed by atoms with van der Waals surface area (Å²) in [7, 11) is 1.58. The summed E-state index contributed by atoms with van der Waals surface area (Å²) in [6.45, 7) is 3.08. The molecule has 1 atom stereocenters. The van der Waals surface area contributed by atoms with Crippen molar-refractivity contribution >= 4 is 17.5 Å². The number of rotatable bonds is 4. The van der Waals surface area contributed by atoms with E-state index in [9.17, 15) is 15.0 Å². The molecular formula is C25H24N5O4-. The van der Waals surface area contributed by atoms with E-state index in [4.69, 9.17) is 4.74 Å². The van der Waals surface area contributed by atoms with Crippen molar-refractivity contribution in [2.45, 2.75) is 31.9 Å². The van der Waals surface area contributed by atoms with Crippen LogP contribution in [-0.4, -0.2) is 57.4 Å². The van der Waals surface area contributed by atoms with E-state index in [2.05, 4.69) is 32.0 Å². The fourth-order valence-electron chi connectivity index (χ4n) is 3.34. The van der Waals surface area contributed by atoms with Crippen molar-refractivity contribution in [3.05, 3.63) is 71.3 Å². The molecule has 1 aromatic heterocycles. The number of hydrogen-bond donors (Lipinski definition) is 2. The number of carbonyl (C=O) groups excluding carboxylic acids is 1. The van der Waals surface area contributed by atoms with Crippen LogP contribution in [0.1, 0.15) is 36.6 Å². The number of carbonyl (C=O) groups is 1. The number of ether oxygens (including phenoxy) is 1. The Morgan fingerprint density at radius 1 is 1.32 bits per heavy atom. The van der Waals surface area contributed by atoms with Crippen LogP contribution in [0.3, 0.4) is 0 Å². The zero-order valence-corrected chi connectivity index (χ0v) is 19.1. The second-order valence-electron chi connectivity index (χ2n) is 8.42. The third-order valence-electron chi connectivity index (χ3n) is 5.06. The van der Waals surface area contributed by atoms with E-state index >= 15 is 0 Å². The molecule has 34 heavy (non-hydrogen) atoms. The maximum absolute atomic E-state index is 13.0. The van der Waals surface area contributed by atoms with Crippen molar-refractivity contribution < 1.29 is 19.7 Å². The predicted octanol–water partition coefficient (Wildman–Crippen LogP) is 1.05. The van der Waals surface area contributed by atoms with E-state index in [0.717, 1.165) is 5.56 Å². The van der Waals surface area contributed by atoms with Gasteiger partial charge >= 0.3 is 0 Å². The summed E-state index contributed by atoms with van der Waals surface area (Å²) in [5.41, 5.74) is 0.993. The number of aromatic amines is 1. The Hall–Kier alpha value is -4.16. The van der Waals surface area contributed by atoms with Crippen molar-refractivity contribution in [2.24, 2.45) is 4.99 Å². The Kier molecular flexibility index (Phi) is 6.34. The van der Waals surface area contributed by atoms with Gasteiger partial charge in [-0.15, -0.1) is 0 Å². The highest BCUT2D eigenvalue weighted by Crippen LogP contribution is 2.32. The minimum Gasteiger partial charge on any atom is -0.856 e. The van der Waals surface area contributed by atoms with Gasteiger partial charge in [-0.2, -0.15) is 5.10 Å². The zero-order valence-electron chi connectivity index (χ0n) is 19.1. The average molecular weight is 458 g/mol. The summed E-state index contributed by atoms with van der Waals surface area (Å²) in [4.78, 5) is 22.7. The molecule has 0 unspecified atom stereocenters. The van der Waals surface area contributed by atoms with Crippen molar-refractivity contribution in [2.75, 3.05) is 18.6 Å². The Morgan fingerprint density at radius 2 is 2.09 bits per heavy atom. The first-order valence-corrected chi connectivity index (χ1v) is 10.7. The largest absolute Gasteiger partial charge is 0.856 e. The number of benzene rings is 2. The van der Waals surface area contributed by atoms with Crippen LogP contribution in [0.5, 0.6) is 5.75 Å². The molecule has 9 heteroatoms. The van der Waals surface area contributed by atoms with Crippen LogP contribution in [0.25, 0.3) is 0 Å². The minimum absolute atomic E-state index is 0.0993. The summed E-state index contributed by atoms with van der Waals surface area (Å²) < 4.78 is 5.77. The van der Waals surface area contributed by atoms with Crippen molar-refractivity contribution in [3.63, 3.8) is 0 Å². The molecule has 1 aliphatic heterocycles. The number of aromatic nitrogens is 3. The smallest absolute Gasteiger partial charge is 0.255 e. The molecule has 0 spiro atoms. The molecule has 1 aliphatic rings. The standard InChI is InChI=1S/C25H25N5O4/c1-25(2,33)12-11-17-9-10-20-19(13-17)30(3)24(32)18(15-34-20)26-23(31)22-27-21(28-29-22)14-16-7-5-4-6-8-16/h4-10,13,18,33H,14-15H2,1-3H3,(H,26,31)(H,27,28,29)/p-1/t18-/m1/s1. The van der Waals surface area contributed by atoms with E-state index in [1.165, 1.54) is 4.90 Å². The van der Waals surface area contributed by atoms with Gasteiger partial charge < -0.3 is 19.8 Å². The molecule has 0 aliphatic carbocycles. The fraction of sp³-hybridized carbons (Fsp3) is 0.280. The lowest BCUT2D eigenvalue weighted by Crippen LogP contribution is -2.38. The Morgan fingerprint density at radius 3 is 2.82 bits per heavy atom. The van der Waals surface area contributed by atoms with E-state index < -0.39 is 23.4 Å². The maximum atomic E-state index is 13.0. The average Bonchev–Trinajstić information content (AvgIpc) is 3.24. The number of amides is 1. The van der Waals surface area contributed by atoms with E-state index in [-0.39, 0.29) is 12.4 Å². The summed E-state index contributed by atoms with van der Waals surface area (Å²) in [6.07, 6.45) is 0.489. The Bertz CT molecular complexity index is 1280. The molecular weight excluding hydrogens is 434 g/mol. The molecule has 4 rings (SSSR count). The third kappa shape index (κ3) is 5.42.